The third kappa shape index (κ3) is 1.99. The van der Waals surface area contributed by atoms with Crippen LogP contribution in [0, 0.1) is 40.4 Å². The second-order valence-electron chi connectivity index (χ2n) is 6.46. The van der Waals surface area contributed by atoms with Gasteiger partial charge in [0, 0.05) is 11.7 Å². The second kappa shape index (κ2) is 4.32. The number of rotatable bonds is 3. The van der Waals surface area contributed by atoms with Gasteiger partial charge in [-0.15, -0.1) is 0 Å². The Balaban J connectivity index is 1.73. The molecule has 1 N–H and O–H groups in total. The smallest absolute Gasteiger partial charge is 0.0973 e. The molecule has 94 valence electrons. The predicted octanol–water partition coefficient (Wildman–Crippen LogP) is 2.87. The first-order valence-electron chi connectivity index (χ1n) is 6.97. The summed E-state index contributed by atoms with van der Waals surface area (Å²) in [4.78, 5) is 0. The molecule has 4 bridgehead atoms. The minimum atomic E-state index is 0.218. The summed E-state index contributed by atoms with van der Waals surface area (Å²) in [6.45, 7) is 0. The first kappa shape index (κ1) is 11.6. The molecule has 0 spiro atoms. The lowest BCUT2D eigenvalue weighted by atomic mass is 9.53. The molecular formula is C15H19N3. The lowest BCUT2D eigenvalue weighted by Gasteiger charge is -2.57. The molecule has 0 atom stereocenters. The van der Waals surface area contributed by atoms with Crippen molar-refractivity contribution in [3.05, 3.63) is 11.8 Å². The Morgan fingerprint density at radius 3 is 2.11 bits per heavy atom. The Hall–Kier alpha value is -1.48. The van der Waals surface area contributed by atoms with Gasteiger partial charge >= 0.3 is 0 Å². The zero-order chi connectivity index (χ0) is 12.6. The van der Waals surface area contributed by atoms with Crippen LogP contribution in [0.4, 0.5) is 0 Å². The molecule has 0 heterocycles. The van der Waals surface area contributed by atoms with Crippen LogP contribution in [0.15, 0.2) is 11.8 Å². The van der Waals surface area contributed by atoms with Crippen LogP contribution in [0.3, 0.4) is 0 Å². The lowest BCUT2D eigenvalue weighted by Crippen LogP contribution is -2.57. The van der Waals surface area contributed by atoms with E-state index in [0.717, 1.165) is 17.8 Å². The average Bonchev–Trinajstić information content (AvgIpc) is 2.33. The van der Waals surface area contributed by atoms with Gasteiger partial charge in [-0.1, -0.05) is 0 Å². The van der Waals surface area contributed by atoms with Gasteiger partial charge in [-0.25, -0.2) is 0 Å². The fraction of sp³-hybridized carbons (Fsp3) is 0.733. The molecule has 4 aliphatic carbocycles. The highest BCUT2D eigenvalue weighted by Crippen LogP contribution is 2.55. The van der Waals surface area contributed by atoms with Crippen LogP contribution in [-0.2, 0) is 0 Å². The van der Waals surface area contributed by atoms with E-state index in [1.807, 2.05) is 12.3 Å². The molecule has 0 aliphatic heterocycles. The first-order chi connectivity index (χ1) is 8.73. The van der Waals surface area contributed by atoms with E-state index >= 15 is 0 Å². The van der Waals surface area contributed by atoms with E-state index in [2.05, 4.69) is 11.4 Å². The van der Waals surface area contributed by atoms with Crippen molar-refractivity contribution in [3.8, 4) is 12.1 Å². The van der Waals surface area contributed by atoms with Crippen LogP contribution < -0.4 is 5.32 Å². The maximum absolute atomic E-state index is 8.96. The van der Waals surface area contributed by atoms with Gasteiger partial charge in [-0.3, -0.25) is 0 Å². The Labute approximate surface area is 108 Å². The summed E-state index contributed by atoms with van der Waals surface area (Å²) in [5.41, 5.74) is 0.806. The van der Waals surface area contributed by atoms with Crippen molar-refractivity contribution < 1.29 is 0 Å². The van der Waals surface area contributed by atoms with Crippen molar-refractivity contribution in [2.24, 2.45) is 17.8 Å². The van der Waals surface area contributed by atoms with Crippen molar-refractivity contribution in [2.45, 2.75) is 50.5 Å². The normalized spacial score (nSPS) is 41.2. The summed E-state index contributed by atoms with van der Waals surface area (Å²) in [6, 6.07) is 4.16. The summed E-state index contributed by atoms with van der Waals surface area (Å²) < 4.78 is 0. The molecule has 3 heteroatoms. The van der Waals surface area contributed by atoms with Gasteiger partial charge in [0.15, 0.2) is 0 Å². The van der Waals surface area contributed by atoms with E-state index in [1.54, 1.807) is 0 Å². The van der Waals surface area contributed by atoms with Crippen LogP contribution in [0.2, 0.25) is 0 Å². The van der Waals surface area contributed by atoms with E-state index in [4.69, 9.17) is 10.5 Å². The van der Waals surface area contributed by atoms with E-state index in [1.165, 1.54) is 38.5 Å². The quantitative estimate of drug-likeness (QED) is 0.773. The van der Waals surface area contributed by atoms with E-state index < -0.39 is 0 Å². The van der Waals surface area contributed by atoms with E-state index in [9.17, 15) is 0 Å². The Morgan fingerprint density at radius 1 is 1.11 bits per heavy atom. The zero-order valence-electron chi connectivity index (χ0n) is 10.7. The molecule has 0 aromatic rings. The minimum Gasteiger partial charge on any atom is -0.385 e. The molecule has 0 unspecified atom stereocenters. The largest absolute Gasteiger partial charge is 0.385 e. The minimum absolute atomic E-state index is 0.218. The SMILES string of the molecule is N#CC/C(C#N)=C/NC12CC3CC(CC(C3)C1)C2. The second-order valence-corrected chi connectivity index (χ2v) is 6.46. The summed E-state index contributed by atoms with van der Waals surface area (Å²) >= 11 is 0. The summed E-state index contributed by atoms with van der Waals surface area (Å²) in [7, 11) is 0. The number of nitrogens with one attached hydrogen (secondary N) is 1. The van der Waals surface area contributed by atoms with Crippen molar-refractivity contribution in [1.82, 2.24) is 5.32 Å². The topological polar surface area (TPSA) is 59.6 Å². The molecule has 4 rings (SSSR count). The number of nitriles is 2. The Morgan fingerprint density at radius 2 is 1.67 bits per heavy atom. The number of hydrogen-bond acceptors (Lipinski definition) is 3. The molecule has 0 amide bonds. The molecule has 18 heavy (non-hydrogen) atoms. The zero-order valence-corrected chi connectivity index (χ0v) is 10.7. The van der Waals surface area contributed by atoms with Gasteiger partial charge in [0.25, 0.3) is 0 Å². The third-order valence-electron chi connectivity index (χ3n) is 5.00. The maximum Gasteiger partial charge on any atom is 0.0973 e. The molecule has 3 nitrogen and oxygen atoms in total. The average molecular weight is 241 g/mol. The molecular weight excluding hydrogens is 222 g/mol. The lowest BCUT2D eigenvalue weighted by molar-refractivity contribution is -0.0130. The van der Waals surface area contributed by atoms with Gasteiger partial charge < -0.3 is 5.32 Å². The van der Waals surface area contributed by atoms with Crippen LogP contribution >= 0.6 is 0 Å². The summed E-state index contributed by atoms with van der Waals surface area (Å²) in [6.07, 6.45) is 10.1. The highest BCUT2D eigenvalue weighted by atomic mass is 15.0. The Kier molecular flexibility index (Phi) is 2.78. The van der Waals surface area contributed by atoms with Gasteiger partial charge in [-0.2, -0.15) is 10.5 Å². The number of hydrogen-bond donors (Lipinski definition) is 1. The maximum atomic E-state index is 8.96. The molecule has 0 saturated heterocycles. The Bertz CT molecular complexity index is 414. The fourth-order valence-electron chi connectivity index (χ4n) is 4.74. The van der Waals surface area contributed by atoms with Crippen molar-refractivity contribution >= 4 is 0 Å². The van der Waals surface area contributed by atoms with E-state index in [0.29, 0.717) is 5.57 Å². The van der Waals surface area contributed by atoms with Gasteiger partial charge in [0.05, 0.1) is 24.1 Å². The standard InChI is InChI=1S/C15H19N3/c16-2-1-11(9-17)10-18-15-6-12-3-13(7-15)5-14(4-12)8-15/h10,12-14,18H,1,3-8H2/b11-10-. The van der Waals surface area contributed by atoms with Crippen LogP contribution in [-0.4, -0.2) is 5.54 Å². The van der Waals surface area contributed by atoms with Crippen LogP contribution in [0.1, 0.15) is 44.9 Å². The van der Waals surface area contributed by atoms with Gasteiger partial charge in [0.1, 0.15) is 0 Å². The monoisotopic (exact) mass is 241 g/mol. The highest BCUT2D eigenvalue weighted by molar-refractivity contribution is 5.24. The molecule has 0 aromatic carbocycles. The van der Waals surface area contributed by atoms with Crippen molar-refractivity contribution in [1.29, 1.82) is 10.5 Å². The van der Waals surface area contributed by atoms with Crippen molar-refractivity contribution in [3.63, 3.8) is 0 Å². The molecule has 0 aromatic heterocycles. The van der Waals surface area contributed by atoms with Crippen LogP contribution in [0.5, 0.6) is 0 Å². The molecule has 4 saturated carbocycles. The summed E-state index contributed by atoms with van der Waals surface area (Å²) in [5, 5.41) is 21.1. The van der Waals surface area contributed by atoms with E-state index in [-0.39, 0.29) is 12.0 Å². The first-order valence-corrected chi connectivity index (χ1v) is 6.97. The van der Waals surface area contributed by atoms with Crippen LogP contribution in [0.25, 0.3) is 0 Å². The predicted molar refractivity (Wildman–Crippen MR) is 68.0 cm³/mol. The number of nitrogens with zero attached hydrogens (tertiary/aromatic N) is 2. The molecule has 4 fully saturated rings. The number of allylic oxidation sites excluding steroid dienone is 1. The van der Waals surface area contributed by atoms with Crippen molar-refractivity contribution in [2.75, 3.05) is 0 Å². The molecule has 0 radical (unpaired) electrons. The van der Waals surface area contributed by atoms with Gasteiger partial charge in [0.2, 0.25) is 0 Å². The molecule has 4 aliphatic rings. The fourth-order valence-corrected chi connectivity index (χ4v) is 4.74. The summed E-state index contributed by atoms with van der Waals surface area (Å²) in [5.74, 6) is 2.70. The van der Waals surface area contributed by atoms with Gasteiger partial charge in [-0.05, 0) is 56.3 Å². The highest BCUT2D eigenvalue weighted by Gasteiger charge is 2.50. The third-order valence-corrected chi connectivity index (χ3v) is 5.00.